The summed E-state index contributed by atoms with van der Waals surface area (Å²) in [4.78, 5) is 11.5. The largest absolute Gasteiger partial charge is 0.504 e. The van der Waals surface area contributed by atoms with Gasteiger partial charge in [0.2, 0.25) is 0 Å². The molecule has 5 nitrogen and oxygen atoms in total. The second kappa shape index (κ2) is 12.1. The number of unbranched alkanes of at least 4 members (excludes halogenated alkanes) is 3. The number of hydrogen-bond donors (Lipinski definition) is 3. The molecule has 30 heavy (non-hydrogen) atoms. The first-order valence-electron chi connectivity index (χ1n) is 11.0. The molecule has 164 valence electrons. The van der Waals surface area contributed by atoms with Crippen LogP contribution in [0.15, 0.2) is 30.3 Å². The minimum atomic E-state index is -0.894. The van der Waals surface area contributed by atoms with Crippen LogP contribution in [0.4, 0.5) is 0 Å². The van der Waals surface area contributed by atoms with Gasteiger partial charge in [0.05, 0.1) is 12.2 Å². The zero-order chi connectivity index (χ0) is 21.9. The minimum absolute atomic E-state index is 0.0162. The third-order valence-electron chi connectivity index (χ3n) is 5.21. The summed E-state index contributed by atoms with van der Waals surface area (Å²) in [5.41, 5.74) is 3.09. The van der Waals surface area contributed by atoms with E-state index in [4.69, 9.17) is 4.74 Å². The van der Waals surface area contributed by atoms with Crippen molar-refractivity contribution in [2.45, 2.75) is 71.6 Å². The molecule has 2 aromatic rings. The number of rotatable bonds is 13. The van der Waals surface area contributed by atoms with Crippen molar-refractivity contribution in [3.63, 3.8) is 0 Å². The van der Waals surface area contributed by atoms with E-state index in [0.29, 0.717) is 12.2 Å². The maximum atomic E-state index is 11.5. The van der Waals surface area contributed by atoms with Crippen LogP contribution in [0.1, 0.15) is 79.4 Å². The van der Waals surface area contributed by atoms with Crippen molar-refractivity contribution >= 4 is 5.97 Å². The molecule has 0 heterocycles. The fourth-order valence-corrected chi connectivity index (χ4v) is 3.70. The van der Waals surface area contributed by atoms with Crippen LogP contribution < -0.4 is 4.74 Å². The van der Waals surface area contributed by atoms with Crippen molar-refractivity contribution in [1.82, 2.24) is 0 Å². The fourth-order valence-electron chi connectivity index (χ4n) is 3.70. The number of ether oxygens (including phenoxy) is 1. The number of aryl methyl sites for hydroxylation is 3. The van der Waals surface area contributed by atoms with E-state index < -0.39 is 5.97 Å². The zero-order valence-electron chi connectivity index (χ0n) is 18.1. The van der Waals surface area contributed by atoms with Gasteiger partial charge in [0.1, 0.15) is 5.75 Å². The van der Waals surface area contributed by atoms with Gasteiger partial charge in [-0.05, 0) is 67.0 Å². The third-order valence-corrected chi connectivity index (χ3v) is 5.21. The van der Waals surface area contributed by atoms with Gasteiger partial charge in [0.15, 0.2) is 11.5 Å². The van der Waals surface area contributed by atoms with Gasteiger partial charge in [0.25, 0.3) is 0 Å². The summed E-state index contributed by atoms with van der Waals surface area (Å²) in [5, 5.41) is 28.8. The molecule has 0 saturated heterocycles. The topological polar surface area (TPSA) is 87.0 Å². The van der Waals surface area contributed by atoms with Crippen LogP contribution in [-0.4, -0.2) is 27.9 Å². The third kappa shape index (κ3) is 6.68. The lowest BCUT2D eigenvalue weighted by atomic mass is 9.98. The van der Waals surface area contributed by atoms with E-state index in [2.05, 4.69) is 13.8 Å². The second-order valence-corrected chi connectivity index (χ2v) is 7.73. The Morgan fingerprint density at radius 3 is 2.10 bits per heavy atom. The van der Waals surface area contributed by atoms with Crippen LogP contribution in [-0.2, 0) is 19.3 Å². The van der Waals surface area contributed by atoms with Crippen LogP contribution in [0.5, 0.6) is 17.2 Å². The number of hydrogen-bond acceptors (Lipinski definition) is 4. The highest BCUT2D eigenvalue weighted by atomic mass is 16.5. The predicted octanol–water partition coefficient (Wildman–Crippen LogP) is 5.88. The summed E-state index contributed by atoms with van der Waals surface area (Å²) in [6.07, 6.45) is 8.11. The van der Waals surface area contributed by atoms with E-state index in [1.807, 2.05) is 6.07 Å². The molecule has 0 fully saturated rings. The summed E-state index contributed by atoms with van der Waals surface area (Å²) in [5.74, 6) is -0.111. The Bertz CT molecular complexity index is 801. The number of phenolic OH excluding ortho intramolecular Hbond substituents is 2. The maximum absolute atomic E-state index is 11.5. The second-order valence-electron chi connectivity index (χ2n) is 7.73. The highest BCUT2D eigenvalue weighted by molar-refractivity contribution is 5.88. The Morgan fingerprint density at radius 1 is 0.867 bits per heavy atom. The van der Waals surface area contributed by atoms with E-state index in [1.165, 1.54) is 6.07 Å². The molecule has 0 saturated carbocycles. The lowest BCUT2D eigenvalue weighted by molar-refractivity contribution is 0.0696. The number of benzene rings is 2. The smallest absolute Gasteiger partial charge is 0.335 e. The van der Waals surface area contributed by atoms with Crippen molar-refractivity contribution < 1.29 is 24.9 Å². The molecule has 0 spiro atoms. The average molecular weight is 415 g/mol. The molecule has 0 amide bonds. The Labute approximate surface area is 179 Å². The molecule has 0 radical (unpaired) electrons. The lowest BCUT2D eigenvalue weighted by Crippen LogP contribution is -2.07. The Morgan fingerprint density at radius 2 is 1.50 bits per heavy atom. The molecule has 0 unspecified atom stereocenters. The Balaban J connectivity index is 1.87. The van der Waals surface area contributed by atoms with Crippen LogP contribution in [0.2, 0.25) is 0 Å². The van der Waals surface area contributed by atoms with E-state index in [1.54, 1.807) is 18.2 Å². The highest BCUT2D eigenvalue weighted by Gasteiger charge is 2.15. The normalized spacial score (nSPS) is 10.9. The molecule has 2 rings (SSSR count). The molecule has 5 heteroatoms. The van der Waals surface area contributed by atoms with E-state index in [-0.39, 0.29) is 11.5 Å². The summed E-state index contributed by atoms with van der Waals surface area (Å²) in [6.45, 7) is 4.78. The van der Waals surface area contributed by atoms with Gasteiger partial charge in [-0.15, -0.1) is 0 Å². The van der Waals surface area contributed by atoms with Gasteiger partial charge in [0, 0.05) is 0 Å². The van der Waals surface area contributed by atoms with Crippen molar-refractivity contribution in [3.8, 4) is 17.2 Å². The molecular formula is C25H34O5. The van der Waals surface area contributed by atoms with Crippen molar-refractivity contribution in [3.05, 3.63) is 52.6 Å². The quantitative estimate of drug-likeness (QED) is 0.281. The summed E-state index contributed by atoms with van der Waals surface area (Å²) in [7, 11) is 0. The number of aromatic carboxylic acids is 1. The number of carbonyl (C=O) groups is 1. The summed E-state index contributed by atoms with van der Waals surface area (Å²) >= 11 is 0. The van der Waals surface area contributed by atoms with Crippen LogP contribution in [0, 0.1) is 0 Å². The van der Waals surface area contributed by atoms with Crippen molar-refractivity contribution in [1.29, 1.82) is 0 Å². The standard InChI is InChI=1S/C25H34O5/c1-3-10-19-16-21(25(28)29)17-20(11-4-2)24(19)30-15-8-6-5-7-12-18-13-9-14-22(26)23(18)27/h9,13-14,16-17,26-27H,3-8,10-12,15H2,1-2H3,(H,28,29). The Hall–Kier alpha value is -2.69. The van der Waals surface area contributed by atoms with Crippen LogP contribution >= 0.6 is 0 Å². The van der Waals surface area contributed by atoms with E-state index in [9.17, 15) is 20.1 Å². The van der Waals surface area contributed by atoms with Gasteiger partial charge in [-0.25, -0.2) is 4.79 Å². The van der Waals surface area contributed by atoms with Gasteiger partial charge < -0.3 is 20.1 Å². The molecular weight excluding hydrogens is 380 g/mol. The number of phenols is 2. The average Bonchev–Trinajstić information content (AvgIpc) is 2.71. The van der Waals surface area contributed by atoms with Gasteiger partial charge in [-0.1, -0.05) is 51.7 Å². The van der Waals surface area contributed by atoms with Crippen LogP contribution in [0.3, 0.4) is 0 Å². The van der Waals surface area contributed by atoms with Gasteiger partial charge >= 0.3 is 5.97 Å². The molecule has 0 aliphatic carbocycles. The molecule has 2 aromatic carbocycles. The first-order valence-corrected chi connectivity index (χ1v) is 11.0. The van der Waals surface area contributed by atoms with Crippen molar-refractivity contribution in [2.24, 2.45) is 0 Å². The van der Waals surface area contributed by atoms with E-state index >= 15 is 0 Å². The molecule has 3 N–H and O–H groups in total. The monoisotopic (exact) mass is 414 g/mol. The maximum Gasteiger partial charge on any atom is 0.335 e. The minimum Gasteiger partial charge on any atom is -0.504 e. The highest BCUT2D eigenvalue weighted by Crippen LogP contribution is 2.30. The zero-order valence-corrected chi connectivity index (χ0v) is 18.1. The summed E-state index contributed by atoms with van der Waals surface area (Å²) in [6, 6.07) is 8.57. The SMILES string of the molecule is CCCc1cc(C(=O)O)cc(CCC)c1OCCCCCCc1cccc(O)c1O. The van der Waals surface area contributed by atoms with Crippen molar-refractivity contribution in [2.75, 3.05) is 6.61 Å². The molecule has 0 aromatic heterocycles. The van der Waals surface area contributed by atoms with E-state index in [0.717, 1.165) is 80.2 Å². The van der Waals surface area contributed by atoms with Gasteiger partial charge in [-0.2, -0.15) is 0 Å². The molecule has 0 atom stereocenters. The number of aromatic hydroxyl groups is 2. The molecule has 0 bridgehead atoms. The molecule has 0 aliphatic heterocycles. The number of carboxylic acid groups (broad SMARTS) is 1. The Kier molecular flexibility index (Phi) is 9.52. The van der Waals surface area contributed by atoms with Crippen LogP contribution in [0.25, 0.3) is 0 Å². The summed E-state index contributed by atoms with van der Waals surface area (Å²) < 4.78 is 6.14. The van der Waals surface area contributed by atoms with Gasteiger partial charge in [-0.3, -0.25) is 0 Å². The first-order chi connectivity index (χ1) is 14.5. The lowest BCUT2D eigenvalue weighted by Gasteiger charge is -2.17. The first kappa shape index (κ1) is 23.6. The number of para-hydroxylation sites is 1. The fraction of sp³-hybridized carbons (Fsp3) is 0.480. The molecule has 0 aliphatic rings. The number of carboxylic acids is 1. The predicted molar refractivity (Wildman–Crippen MR) is 119 cm³/mol.